The molecule has 0 saturated carbocycles. The van der Waals surface area contributed by atoms with Crippen molar-refractivity contribution in [1.29, 1.82) is 0 Å². The summed E-state index contributed by atoms with van der Waals surface area (Å²) in [6.45, 7) is 2.30. The maximum atomic E-state index is 11.9. The number of hydrogen-bond donors (Lipinski definition) is 0. The number of halogens is 1. The summed E-state index contributed by atoms with van der Waals surface area (Å²) >= 11 is 0. The van der Waals surface area contributed by atoms with Gasteiger partial charge in [-0.2, -0.15) is 0 Å². The number of esters is 1. The van der Waals surface area contributed by atoms with Crippen molar-refractivity contribution in [2.45, 2.75) is 13.3 Å². The number of carbonyl (C=O) groups excluding carboxylic acids is 2. The highest BCUT2D eigenvalue weighted by atomic mass is 19.3. The quantitative estimate of drug-likeness (QED) is 0.791. The van der Waals surface area contributed by atoms with Crippen molar-refractivity contribution in [3.63, 3.8) is 0 Å². The van der Waals surface area contributed by atoms with E-state index < -0.39 is 11.9 Å². The molecule has 0 fully saturated rings. The van der Waals surface area contributed by atoms with E-state index in [9.17, 15) is 14.1 Å². The summed E-state index contributed by atoms with van der Waals surface area (Å²) in [5.74, 6) is -1.51. The SMILES string of the molecule is CCOC(=O)c1ccnc(C2=NCCC(C(=O)OF)=C2)c1. The number of carbonyl (C=O) groups is 2. The fourth-order valence-corrected chi connectivity index (χ4v) is 1.86. The second-order valence-electron chi connectivity index (χ2n) is 4.20. The third-order valence-corrected chi connectivity index (χ3v) is 2.84. The number of pyridine rings is 1. The molecule has 0 saturated heterocycles. The molecule has 0 atom stereocenters. The monoisotopic (exact) mass is 292 g/mol. The lowest BCUT2D eigenvalue weighted by Crippen LogP contribution is -2.14. The maximum Gasteiger partial charge on any atom is 0.375 e. The molecule has 110 valence electrons. The number of allylic oxidation sites excluding steroid dienone is 1. The topological polar surface area (TPSA) is 77.9 Å². The molecule has 0 aliphatic carbocycles. The summed E-state index contributed by atoms with van der Waals surface area (Å²) in [4.78, 5) is 34.4. The van der Waals surface area contributed by atoms with Gasteiger partial charge in [-0.1, -0.05) is 0 Å². The highest BCUT2D eigenvalue weighted by Crippen LogP contribution is 2.15. The third-order valence-electron chi connectivity index (χ3n) is 2.84. The number of aromatic nitrogens is 1. The van der Waals surface area contributed by atoms with Crippen LogP contribution in [0.1, 0.15) is 29.4 Å². The van der Waals surface area contributed by atoms with E-state index in [1.54, 1.807) is 6.92 Å². The minimum absolute atomic E-state index is 0.172. The maximum absolute atomic E-state index is 11.9. The molecule has 7 heteroatoms. The van der Waals surface area contributed by atoms with Crippen molar-refractivity contribution in [3.8, 4) is 0 Å². The Kier molecular flexibility index (Phi) is 4.76. The van der Waals surface area contributed by atoms with Crippen molar-refractivity contribution in [3.05, 3.63) is 41.2 Å². The van der Waals surface area contributed by atoms with Gasteiger partial charge in [0.2, 0.25) is 0 Å². The van der Waals surface area contributed by atoms with Gasteiger partial charge < -0.3 is 4.74 Å². The zero-order valence-electron chi connectivity index (χ0n) is 11.3. The summed E-state index contributed by atoms with van der Waals surface area (Å²) in [6, 6.07) is 3.03. The van der Waals surface area contributed by atoms with Crippen LogP contribution in [0.3, 0.4) is 0 Å². The van der Waals surface area contributed by atoms with Crippen LogP contribution in [0.4, 0.5) is 4.53 Å². The molecule has 0 unspecified atom stereocenters. The summed E-state index contributed by atoms with van der Waals surface area (Å²) < 4.78 is 16.8. The lowest BCUT2D eigenvalue weighted by Gasteiger charge is -2.10. The Labute approximate surface area is 120 Å². The van der Waals surface area contributed by atoms with Gasteiger partial charge in [0, 0.05) is 22.8 Å². The van der Waals surface area contributed by atoms with Gasteiger partial charge in [0.15, 0.2) is 0 Å². The van der Waals surface area contributed by atoms with E-state index in [0.29, 0.717) is 29.9 Å². The Morgan fingerprint density at radius 2 is 2.19 bits per heavy atom. The molecule has 0 aromatic carbocycles. The van der Waals surface area contributed by atoms with Gasteiger partial charge in [-0.05, 0) is 31.6 Å². The molecule has 0 radical (unpaired) electrons. The van der Waals surface area contributed by atoms with E-state index in [4.69, 9.17) is 4.74 Å². The molecule has 21 heavy (non-hydrogen) atoms. The predicted octanol–water partition coefficient (Wildman–Crippen LogP) is 1.81. The zero-order chi connectivity index (χ0) is 15.2. The van der Waals surface area contributed by atoms with E-state index in [0.717, 1.165) is 0 Å². The molecule has 1 aromatic rings. The van der Waals surface area contributed by atoms with E-state index in [1.165, 1.54) is 24.4 Å². The van der Waals surface area contributed by atoms with Crippen molar-refractivity contribution in [1.82, 2.24) is 4.98 Å². The lowest BCUT2D eigenvalue weighted by molar-refractivity contribution is -0.178. The summed E-state index contributed by atoms with van der Waals surface area (Å²) in [5, 5.41) is 0. The molecular weight excluding hydrogens is 279 g/mol. The average Bonchev–Trinajstić information content (AvgIpc) is 2.54. The first-order chi connectivity index (χ1) is 10.2. The number of hydrogen-bond acceptors (Lipinski definition) is 6. The van der Waals surface area contributed by atoms with Crippen molar-refractivity contribution < 1.29 is 23.8 Å². The van der Waals surface area contributed by atoms with Crippen LogP contribution in [0.15, 0.2) is 35.0 Å². The van der Waals surface area contributed by atoms with Crippen LogP contribution in [0.5, 0.6) is 0 Å². The number of aliphatic imine (C=N–C) groups is 1. The summed E-state index contributed by atoms with van der Waals surface area (Å²) in [7, 11) is 0. The fourth-order valence-electron chi connectivity index (χ4n) is 1.86. The highest BCUT2D eigenvalue weighted by molar-refractivity contribution is 6.12. The van der Waals surface area contributed by atoms with Crippen LogP contribution in [-0.4, -0.2) is 35.8 Å². The van der Waals surface area contributed by atoms with Crippen LogP contribution >= 0.6 is 0 Å². The van der Waals surface area contributed by atoms with Crippen LogP contribution in [0.2, 0.25) is 0 Å². The smallest absolute Gasteiger partial charge is 0.375 e. The van der Waals surface area contributed by atoms with Gasteiger partial charge in [-0.15, -0.1) is 0 Å². The van der Waals surface area contributed by atoms with Crippen LogP contribution < -0.4 is 0 Å². The minimum atomic E-state index is -1.04. The Hall–Kier alpha value is -2.57. The van der Waals surface area contributed by atoms with E-state index in [1.807, 2.05) is 0 Å². The largest absolute Gasteiger partial charge is 0.462 e. The number of nitrogens with zero attached hydrogens (tertiary/aromatic N) is 2. The highest BCUT2D eigenvalue weighted by Gasteiger charge is 2.18. The Morgan fingerprint density at radius 3 is 2.90 bits per heavy atom. The van der Waals surface area contributed by atoms with Crippen LogP contribution in [0, 0.1) is 0 Å². The van der Waals surface area contributed by atoms with Gasteiger partial charge in [0.1, 0.15) is 0 Å². The molecule has 0 spiro atoms. The van der Waals surface area contributed by atoms with Gasteiger partial charge >= 0.3 is 11.9 Å². The summed E-state index contributed by atoms with van der Waals surface area (Å²) in [6.07, 6.45) is 3.15. The normalized spacial score (nSPS) is 14.0. The zero-order valence-corrected chi connectivity index (χ0v) is 11.3. The van der Waals surface area contributed by atoms with E-state index in [-0.39, 0.29) is 12.2 Å². The molecule has 1 aliphatic rings. The lowest BCUT2D eigenvalue weighted by atomic mass is 10.0. The van der Waals surface area contributed by atoms with Crippen LogP contribution in [0.25, 0.3) is 0 Å². The van der Waals surface area contributed by atoms with Gasteiger partial charge in [0.05, 0.1) is 23.6 Å². The molecule has 0 N–H and O–H groups in total. The molecule has 1 aliphatic heterocycles. The van der Waals surface area contributed by atoms with Gasteiger partial charge in [-0.25, -0.2) is 14.5 Å². The number of rotatable bonds is 4. The average molecular weight is 292 g/mol. The van der Waals surface area contributed by atoms with E-state index >= 15 is 0 Å². The molecule has 0 bridgehead atoms. The molecular formula is C14H13FN2O4. The fraction of sp³-hybridized carbons (Fsp3) is 0.286. The molecule has 1 aromatic heterocycles. The van der Waals surface area contributed by atoms with E-state index in [2.05, 4.69) is 14.9 Å². The van der Waals surface area contributed by atoms with Crippen molar-refractivity contribution in [2.24, 2.45) is 4.99 Å². The third kappa shape index (κ3) is 3.50. The first-order valence-corrected chi connectivity index (χ1v) is 6.37. The minimum Gasteiger partial charge on any atom is -0.462 e. The Bertz CT molecular complexity index is 625. The first-order valence-electron chi connectivity index (χ1n) is 6.37. The Balaban J connectivity index is 2.28. The molecule has 0 amide bonds. The van der Waals surface area contributed by atoms with Crippen molar-refractivity contribution in [2.75, 3.05) is 13.2 Å². The molecule has 6 nitrogen and oxygen atoms in total. The van der Waals surface area contributed by atoms with Crippen LogP contribution in [-0.2, 0) is 14.5 Å². The van der Waals surface area contributed by atoms with Crippen molar-refractivity contribution >= 4 is 17.7 Å². The second kappa shape index (κ2) is 6.74. The first kappa shape index (κ1) is 14.8. The summed E-state index contributed by atoms with van der Waals surface area (Å²) in [5.41, 5.74) is 1.31. The van der Waals surface area contributed by atoms with Gasteiger partial charge in [-0.3, -0.25) is 9.98 Å². The second-order valence-corrected chi connectivity index (χ2v) is 4.20. The molecule has 2 heterocycles. The standard InChI is InChI=1S/C14H13FN2O4/c1-2-20-13(18)9-3-5-16-11(7-9)12-8-10(4-6-17-12)14(19)21-15/h3,5,7-8H,2,4,6H2,1H3. The number of ether oxygens (including phenoxy) is 1. The number of dihydropyridines is 1. The molecule has 2 rings (SSSR count). The van der Waals surface area contributed by atoms with Gasteiger partial charge in [0.25, 0.3) is 0 Å². The predicted molar refractivity (Wildman–Crippen MR) is 71.5 cm³/mol. The Morgan fingerprint density at radius 1 is 1.38 bits per heavy atom.